The SMILES string of the molecule is CC(N[C@H](C)c1ccccn1)c1ccc(Br)cc1Cl. The Kier molecular flexibility index (Phi) is 4.97. The maximum Gasteiger partial charge on any atom is 0.0570 e. The van der Waals surface area contributed by atoms with E-state index in [9.17, 15) is 0 Å². The zero-order chi connectivity index (χ0) is 13.8. The Labute approximate surface area is 127 Å². The highest BCUT2D eigenvalue weighted by molar-refractivity contribution is 9.10. The van der Waals surface area contributed by atoms with Crippen LogP contribution in [0.15, 0.2) is 47.1 Å². The van der Waals surface area contributed by atoms with Gasteiger partial charge in [0, 0.05) is 27.8 Å². The minimum atomic E-state index is 0.164. The molecule has 0 radical (unpaired) electrons. The van der Waals surface area contributed by atoms with E-state index in [0.29, 0.717) is 0 Å². The van der Waals surface area contributed by atoms with E-state index in [1.807, 2.05) is 42.6 Å². The molecule has 0 aliphatic rings. The van der Waals surface area contributed by atoms with Gasteiger partial charge in [-0.25, -0.2) is 0 Å². The molecule has 2 nitrogen and oxygen atoms in total. The molecular formula is C15H16BrClN2. The monoisotopic (exact) mass is 338 g/mol. The van der Waals surface area contributed by atoms with E-state index in [2.05, 4.69) is 40.1 Å². The summed E-state index contributed by atoms with van der Waals surface area (Å²) in [7, 11) is 0. The zero-order valence-electron chi connectivity index (χ0n) is 10.9. The largest absolute Gasteiger partial charge is 0.302 e. The minimum Gasteiger partial charge on any atom is -0.302 e. The molecule has 0 spiro atoms. The fraction of sp³-hybridized carbons (Fsp3) is 0.267. The lowest BCUT2D eigenvalue weighted by Crippen LogP contribution is -2.23. The molecule has 0 bridgehead atoms. The molecule has 0 aliphatic heterocycles. The van der Waals surface area contributed by atoms with Crippen molar-refractivity contribution in [2.45, 2.75) is 25.9 Å². The van der Waals surface area contributed by atoms with Crippen molar-refractivity contribution in [1.82, 2.24) is 10.3 Å². The number of pyridine rings is 1. The maximum atomic E-state index is 6.27. The number of rotatable bonds is 4. The van der Waals surface area contributed by atoms with Crippen molar-refractivity contribution in [2.24, 2.45) is 0 Å². The van der Waals surface area contributed by atoms with Crippen LogP contribution in [-0.2, 0) is 0 Å². The summed E-state index contributed by atoms with van der Waals surface area (Å²) >= 11 is 9.69. The van der Waals surface area contributed by atoms with E-state index >= 15 is 0 Å². The van der Waals surface area contributed by atoms with Crippen molar-refractivity contribution in [3.05, 3.63) is 63.3 Å². The van der Waals surface area contributed by atoms with Crippen LogP contribution in [0.1, 0.15) is 37.2 Å². The number of hydrogen-bond acceptors (Lipinski definition) is 2. The van der Waals surface area contributed by atoms with Crippen molar-refractivity contribution in [3.63, 3.8) is 0 Å². The fourth-order valence-corrected chi connectivity index (χ4v) is 2.87. The Morgan fingerprint density at radius 3 is 2.58 bits per heavy atom. The van der Waals surface area contributed by atoms with E-state index in [1.165, 1.54) is 0 Å². The maximum absolute atomic E-state index is 6.27. The molecule has 1 heterocycles. The zero-order valence-corrected chi connectivity index (χ0v) is 13.2. The number of benzene rings is 1. The summed E-state index contributed by atoms with van der Waals surface area (Å²) in [6.07, 6.45) is 1.81. The molecule has 100 valence electrons. The topological polar surface area (TPSA) is 24.9 Å². The lowest BCUT2D eigenvalue weighted by atomic mass is 10.1. The predicted octanol–water partition coefficient (Wildman–Crippen LogP) is 4.91. The second-order valence-electron chi connectivity index (χ2n) is 4.53. The highest BCUT2D eigenvalue weighted by Crippen LogP contribution is 2.27. The van der Waals surface area contributed by atoms with Crippen LogP contribution in [0.4, 0.5) is 0 Å². The van der Waals surface area contributed by atoms with Crippen LogP contribution in [0, 0.1) is 0 Å². The van der Waals surface area contributed by atoms with Gasteiger partial charge in [0.15, 0.2) is 0 Å². The normalized spacial score (nSPS) is 14.1. The molecule has 4 heteroatoms. The second-order valence-corrected chi connectivity index (χ2v) is 5.85. The molecule has 0 amide bonds. The summed E-state index contributed by atoms with van der Waals surface area (Å²) < 4.78 is 0.992. The lowest BCUT2D eigenvalue weighted by molar-refractivity contribution is 0.486. The number of aromatic nitrogens is 1. The average Bonchev–Trinajstić information content (AvgIpc) is 2.39. The van der Waals surface area contributed by atoms with E-state index in [0.717, 1.165) is 20.8 Å². The molecule has 0 saturated heterocycles. The summed E-state index contributed by atoms with van der Waals surface area (Å²) in [4.78, 5) is 4.36. The second kappa shape index (κ2) is 6.51. The molecule has 1 aromatic carbocycles. The van der Waals surface area contributed by atoms with Crippen molar-refractivity contribution < 1.29 is 0 Å². The molecule has 2 rings (SSSR count). The third kappa shape index (κ3) is 3.78. The summed E-state index contributed by atoms with van der Waals surface area (Å²) in [5.41, 5.74) is 2.12. The van der Waals surface area contributed by atoms with Gasteiger partial charge in [-0.2, -0.15) is 0 Å². The number of halogens is 2. The standard InChI is InChI=1S/C15H16BrClN2/c1-10(13-7-6-12(16)9-14(13)17)19-11(2)15-5-3-4-8-18-15/h3-11,19H,1-2H3/t10?,11-/m1/s1. The number of hydrogen-bond donors (Lipinski definition) is 1. The highest BCUT2D eigenvalue weighted by atomic mass is 79.9. The van der Waals surface area contributed by atoms with E-state index in [1.54, 1.807) is 0 Å². The molecule has 0 aliphatic carbocycles. The van der Waals surface area contributed by atoms with Crippen LogP contribution in [0.25, 0.3) is 0 Å². The Morgan fingerprint density at radius 1 is 1.16 bits per heavy atom. The van der Waals surface area contributed by atoms with Gasteiger partial charge in [0.05, 0.1) is 5.69 Å². The van der Waals surface area contributed by atoms with Crippen LogP contribution < -0.4 is 5.32 Å². The first-order valence-corrected chi connectivity index (χ1v) is 7.37. The highest BCUT2D eigenvalue weighted by Gasteiger charge is 2.14. The van der Waals surface area contributed by atoms with Gasteiger partial charge in [-0.05, 0) is 43.7 Å². The van der Waals surface area contributed by atoms with Crippen LogP contribution in [0.3, 0.4) is 0 Å². The lowest BCUT2D eigenvalue weighted by Gasteiger charge is -2.21. The van der Waals surface area contributed by atoms with E-state index in [4.69, 9.17) is 11.6 Å². The molecule has 1 aromatic heterocycles. The quantitative estimate of drug-likeness (QED) is 0.856. The van der Waals surface area contributed by atoms with Crippen LogP contribution in [0.2, 0.25) is 5.02 Å². The molecule has 19 heavy (non-hydrogen) atoms. The smallest absolute Gasteiger partial charge is 0.0570 e. The summed E-state index contributed by atoms with van der Waals surface area (Å²) in [6.45, 7) is 4.21. The Balaban J connectivity index is 2.10. The van der Waals surface area contributed by atoms with Crippen molar-refractivity contribution in [2.75, 3.05) is 0 Å². The predicted molar refractivity (Wildman–Crippen MR) is 83.4 cm³/mol. The molecule has 1 N–H and O–H groups in total. The number of nitrogens with zero attached hydrogens (tertiary/aromatic N) is 1. The molecule has 2 atom stereocenters. The van der Waals surface area contributed by atoms with Gasteiger partial charge in [-0.1, -0.05) is 39.7 Å². The molecule has 1 unspecified atom stereocenters. The first-order valence-electron chi connectivity index (χ1n) is 6.20. The van der Waals surface area contributed by atoms with Gasteiger partial charge in [0.1, 0.15) is 0 Å². The summed E-state index contributed by atoms with van der Waals surface area (Å²) in [6, 6.07) is 12.2. The van der Waals surface area contributed by atoms with Gasteiger partial charge in [-0.3, -0.25) is 4.98 Å². The van der Waals surface area contributed by atoms with Gasteiger partial charge < -0.3 is 5.32 Å². The fourth-order valence-electron chi connectivity index (χ4n) is 2.03. The van der Waals surface area contributed by atoms with Gasteiger partial charge in [0.2, 0.25) is 0 Å². The van der Waals surface area contributed by atoms with Crippen molar-refractivity contribution in [1.29, 1.82) is 0 Å². The van der Waals surface area contributed by atoms with Crippen LogP contribution in [0.5, 0.6) is 0 Å². The van der Waals surface area contributed by atoms with E-state index in [-0.39, 0.29) is 12.1 Å². The first-order chi connectivity index (χ1) is 9.08. The van der Waals surface area contributed by atoms with E-state index < -0.39 is 0 Å². The van der Waals surface area contributed by atoms with Crippen molar-refractivity contribution in [3.8, 4) is 0 Å². The van der Waals surface area contributed by atoms with Gasteiger partial charge in [-0.15, -0.1) is 0 Å². The molecule has 0 fully saturated rings. The molecule has 0 saturated carbocycles. The minimum absolute atomic E-state index is 0.164. The molecule has 2 aromatic rings. The summed E-state index contributed by atoms with van der Waals surface area (Å²) in [5.74, 6) is 0. The average molecular weight is 340 g/mol. The Bertz CT molecular complexity index is 545. The van der Waals surface area contributed by atoms with Gasteiger partial charge in [0.25, 0.3) is 0 Å². The third-order valence-electron chi connectivity index (χ3n) is 3.06. The van der Waals surface area contributed by atoms with Crippen LogP contribution in [-0.4, -0.2) is 4.98 Å². The number of nitrogens with one attached hydrogen (secondary N) is 1. The molecular weight excluding hydrogens is 324 g/mol. The van der Waals surface area contributed by atoms with Crippen molar-refractivity contribution >= 4 is 27.5 Å². The Hall–Kier alpha value is -0.900. The van der Waals surface area contributed by atoms with Crippen LogP contribution >= 0.6 is 27.5 Å². The third-order valence-corrected chi connectivity index (χ3v) is 3.88. The Morgan fingerprint density at radius 2 is 1.95 bits per heavy atom. The first kappa shape index (κ1) is 14.5. The van der Waals surface area contributed by atoms with Gasteiger partial charge >= 0.3 is 0 Å². The summed E-state index contributed by atoms with van der Waals surface area (Å²) in [5, 5.41) is 4.28.